The second-order valence-electron chi connectivity index (χ2n) is 6.08. The van der Waals surface area contributed by atoms with Crippen LogP contribution in [-0.2, 0) is 4.74 Å². The number of amides is 1. The van der Waals surface area contributed by atoms with Crippen LogP contribution in [0.2, 0.25) is 0 Å². The quantitative estimate of drug-likeness (QED) is 0.877. The van der Waals surface area contributed by atoms with Gasteiger partial charge < -0.3 is 15.4 Å². The Bertz CT molecular complexity index is 457. The second kappa shape index (κ2) is 7.36. The number of alkyl carbamates (subject to hydrolysis) is 1. The van der Waals surface area contributed by atoms with Gasteiger partial charge in [0, 0.05) is 18.6 Å². The lowest BCUT2D eigenvalue weighted by Gasteiger charge is -2.23. The number of ether oxygens (including phenoxy) is 1. The average molecular weight is 297 g/mol. The smallest absolute Gasteiger partial charge is 0.407 e. The third-order valence-corrected chi connectivity index (χ3v) is 2.69. The highest BCUT2D eigenvalue weighted by Crippen LogP contribution is 2.09. The number of hydrogen-bond acceptors (Lipinski definition) is 4. The van der Waals surface area contributed by atoms with Crippen LogP contribution in [0.25, 0.3) is 0 Å². The van der Waals surface area contributed by atoms with Gasteiger partial charge in [-0.05, 0) is 46.8 Å². The van der Waals surface area contributed by atoms with E-state index < -0.39 is 11.7 Å². The number of rotatable bonds is 5. The van der Waals surface area contributed by atoms with Crippen molar-refractivity contribution in [3.05, 3.63) is 29.8 Å². The Kier molecular flexibility index (Phi) is 6.08. The molecule has 0 radical (unpaired) electrons. The van der Waals surface area contributed by atoms with Crippen LogP contribution < -0.4 is 10.6 Å². The Hall–Kier alpha value is -1.69. The predicted octanol–water partition coefficient (Wildman–Crippen LogP) is 2.78. The summed E-state index contributed by atoms with van der Waals surface area (Å²) in [6, 6.07) is 2.89. The normalized spacial score (nSPS) is 14.4. The van der Waals surface area contributed by atoms with E-state index in [0.29, 0.717) is 6.54 Å². The van der Waals surface area contributed by atoms with Gasteiger partial charge in [0.25, 0.3) is 0 Å². The summed E-state index contributed by atoms with van der Waals surface area (Å²) in [6.07, 6.45) is 0.750. The standard InChI is InChI=1S/C15H24FN3O2/c1-10(19-14(20)21-15(3,4)5)8-17-11(2)13-7-6-12(16)9-18-13/h6-7,9-11,17H,8H2,1-5H3,(H,19,20). The molecule has 2 N–H and O–H groups in total. The molecule has 5 nitrogen and oxygen atoms in total. The minimum absolute atomic E-state index is 0.0338. The number of carbonyl (C=O) groups excluding carboxylic acids is 1. The topological polar surface area (TPSA) is 63.2 Å². The van der Waals surface area contributed by atoms with E-state index in [1.165, 1.54) is 12.3 Å². The summed E-state index contributed by atoms with van der Waals surface area (Å²) in [4.78, 5) is 15.6. The molecule has 21 heavy (non-hydrogen) atoms. The maximum absolute atomic E-state index is 12.8. The predicted molar refractivity (Wildman–Crippen MR) is 79.4 cm³/mol. The van der Waals surface area contributed by atoms with Crippen molar-refractivity contribution in [3.8, 4) is 0 Å². The van der Waals surface area contributed by atoms with E-state index in [9.17, 15) is 9.18 Å². The van der Waals surface area contributed by atoms with E-state index >= 15 is 0 Å². The summed E-state index contributed by atoms with van der Waals surface area (Å²) in [5.41, 5.74) is 0.239. The Morgan fingerprint density at radius 3 is 2.57 bits per heavy atom. The number of hydrogen-bond donors (Lipinski definition) is 2. The van der Waals surface area contributed by atoms with Gasteiger partial charge >= 0.3 is 6.09 Å². The molecule has 1 rings (SSSR count). The molecule has 0 saturated carbocycles. The van der Waals surface area contributed by atoms with Gasteiger partial charge in [0.15, 0.2) is 0 Å². The fourth-order valence-electron chi connectivity index (χ4n) is 1.66. The Balaban J connectivity index is 2.37. The molecule has 1 heterocycles. The molecule has 0 aliphatic heterocycles. The van der Waals surface area contributed by atoms with E-state index in [1.807, 2.05) is 34.6 Å². The lowest BCUT2D eigenvalue weighted by Crippen LogP contribution is -2.43. The van der Waals surface area contributed by atoms with Crippen LogP contribution in [0.3, 0.4) is 0 Å². The Morgan fingerprint density at radius 2 is 2.05 bits per heavy atom. The third kappa shape index (κ3) is 7.04. The number of pyridine rings is 1. The number of nitrogens with one attached hydrogen (secondary N) is 2. The minimum atomic E-state index is -0.511. The van der Waals surface area contributed by atoms with Crippen LogP contribution in [0.1, 0.15) is 46.4 Å². The zero-order valence-electron chi connectivity index (χ0n) is 13.2. The number of halogens is 1. The largest absolute Gasteiger partial charge is 0.444 e. The molecule has 0 aliphatic rings. The third-order valence-electron chi connectivity index (χ3n) is 2.69. The van der Waals surface area contributed by atoms with Gasteiger partial charge in [-0.25, -0.2) is 9.18 Å². The molecule has 0 aliphatic carbocycles. The molecule has 0 saturated heterocycles. The summed E-state index contributed by atoms with van der Waals surface area (Å²) in [5, 5.41) is 5.98. The zero-order chi connectivity index (χ0) is 16.0. The molecule has 0 aromatic carbocycles. The summed E-state index contributed by atoms with van der Waals surface area (Å²) in [6.45, 7) is 9.81. The van der Waals surface area contributed by atoms with Crippen molar-refractivity contribution >= 4 is 6.09 Å². The average Bonchev–Trinajstić information content (AvgIpc) is 2.34. The lowest BCUT2D eigenvalue weighted by molar-refractivity contribution is 0.0507. The zero-order valence-corrected chi connectivity index (χ0v) is 13.2. The van der Waals surface area contributed by atoms with Crippen LogP contribution in [-0.4, -0.2) is 29.3 Å². The molecule has 6 heteroatoms. The first-order valence-electron chi connectivity index (χ1n) is 7.02. The van der Waals surface area contributed by atoms with Crippen molar-refractivity contribution in [2.75, 3.05) is 6.54 Å². The molecule has 2 atom stereocenters. The maximum Gasteiger partial charge on any atom is 0.407 e. The van der Waals surface area contributed by atoms with Crippen molar-refractivity contribution in [1.82, 2.24) is 15.6 Å². The van der Waals surface area contributed by atoms with E-state index in [-0.39, 0.29) is 17.9 Å². The van der Waals surface area contributed by atoms with Gasteiger partial charge in [0.05, 0.1) is 11.9 Å². The fraction of sp³-hybridized carbons (Fsp3) is 0.600. The van der Waals surface area contributed by atoms with Crippen molar-refractivity contribution in [3.63, 3.8) is 0 Å². The van der Waals surface area contributed by atoms with Crippen LogP contribution in [0, 0.1) is 5.82 Å². The maximum atomic E-state index is 12.8. The summed E-state index contributed by atoms with van der Waals surface area (Å²) in [5.74, 6) is -0.356. The van der Waals surface area contributed by atoms with Crippen LogP contribution in [0.5, 0.6) is 0 Å². The van der Waals surface area contributed by atoms with Gasteiger partial charge in [-0.15, -0.1) is 0 Å². The summed E-state index contributed by atoms with van der Waals surface area (Å²) < 4.78 is 18.0. The minimum Gasteiger partial charge on any atom is -0.444 e. The van der Waals surface area contributed by atoms with E-state index in [2.05, 4.69) is 15.6 Å². The Morgan fingerprint density at radius 1 is 1.38 bits per heavy atom. The molecule has 2 unspecified atom stereocenters. The van der Waals surface area contributed by atoms with E-state index in [0.717, 1.165) is 5.69 Å². The number of carbonyl (C=O) groups is 1. The molecule has 0 fully saturated rings. The van der Waals surface area contributed by atoms with Crippen molar-refractivity contribution < 1.29 is 13.9 Å². The first-order chi connectivity index (χ1) is 9.67. The first-order valence-corrected chi connectivity index (χ1v) is 7.02. The van der Waals surface area contributed by atoms with Gasteiger partial charge in [-0.1, -0.05) is 0 Å². The molecule has 1 aromatic rings. The van der Waals surface area contributed by atoms with E-state index in [1.54, 1.807) is 6.07 Å². The molecule has 1 amide bonds. The highest BCUT2D eigenvalue weighted by atomic mass is 19.1. The summed E-state index contributed by atoms with van der Waals surface area (Å²) in [7, 11) is 0. The highest BCUT2D eigenvalue weighted by Gasteiger charge is 2.18. The fourth-order valence-corrected chi connectivity index (χ4v) is 1.66. The van der Waals surface area contributed by atoms with Gasteiger partial charge in [-0.3, -0.25) is 4.98 Å². The molecule has 118 valence electrons. The van der Waals surface area contributed by atoms with Gasteiger partial charge in [-0.2, -0.15) is 0 Å². The van der Waals surface area contributed by atoms with Gasteiger partial charge in [0.1, 0.15) is 11.4 Å². The highest BCUT2D eigenvalue weighted by molar-refractivity contribution is 5.68. The molecule has 0 spiro atoms. The second-order valence-corrected chi connectivity index (χ2v) is 6.08. The molecule has 1 aromatic heterocycles. The van der Waals surface area contributed by atoms with Crippen LogP contribution >= 0.6 is 0 Å². The van der Waals surface area contributed by atoms with Gasteiger partial charge in [0.2, 0.25) is 0 Å². The van der Waals surface area contributed by atoms with Crippen molar-refractivity contribution in [2.24, 2.45) is 0 Å². The van der Waals surface area contributed by atoms with Crippen molar-refractivity contribution in [1.29, 1.82) is 0 Å². The lowest BCUT2D eigenvalue weighted by atomic mass is 10.2. The van der Waals surface area contributed by atoms with Crippen LogP contribution in [0.15, 0.2) is 18.3 Å². The monoisotopic (exact) mass is 297 g/mol. The van der Waals surface area contributed by atoms with E-state index in [4.69, 9.17) is 4.74 Å². The summed E-state index contributed by atoms with van der Waals surface area (Å²) >= 11 is 0. The SMILES string of the molecule is CC(CNC(C)c1ccc(F)cn1)NC(=O)OC(C)(C)C. The molecular formula is C15H24FN3O2. The molecule has 0 bridgehead atoms. The van der Waals surface area contributed by atoms with Crippen molar-refractivity contribution in [2.45, 2.75) is 52.3 Å². The number of nitrogens with zero attached hydrogens (tertiary/aromatic N) is 1. The Labute approximate surface area is 125 Å². The van der Waals surface area contributed by atoms with Crippen LogP contribution in [0.4, 0.5) is 9.18 Å². The number of aromatic nitrogens is 1. The first kappa shape index (κ1) is 17.4. The molecular weight excluding hydrogens is 273 g/mol.